The molecule has 0 saturated heterocycles. The topological polar surface area (TPSA) is 51.5 Å². The van der Waals surface area contributed by atoms with Crippen molar-refractivity contribution >= 4 is 32.8 Å². The number of ether oxygens (including phenoxy) is 1. The van der Waals surface area contributed by atoms with Crippen molar-refractivity contribution < 1.29 is 14.6 Å². The number of carboxylic acids is 1. The van der Waals surface area contributed by atoms with Gasteiger partial charge in [0, 0.05) is 34.0 Å². The summed E-state index contributed by atoms with van der Waals surface area (Å²) < 4.78 is 8.80. The van der Waals surface area contributed by atoms with Gasteiger partial charge in [0.05, 0.1) is 12.7 Å². The minimum absolute atomic E-state index is 0.341. The van der Waals surface area contributed by atoms with Gasteiger partial charge in [0.25, 0.3) is 0 Å². The molecule has 0 unspecified atom stereocenters. The summed E-state index contributed by atoms with van der Waals surface area (Å²) in [5.74, 6) is -0.115. The molecule has 0 aliphatic heterocycles. The number of halogens is 1. The first kappa shape index (κ1) is 20.2. The van der Waals surface area contributed by atoms with E-state index in [1.807, 2.05) is 36.4 Å². The molecule has 0 atom stereocenters. The summed E-state index contributed by atoms with van der Waals surface area (Å²) in [6.07, 6.45) is 0.547. The molecule has 3 aromatic carbocycles. The predicted octanol–water partition coefficient (Wildman–Crippen LogP) is 6.06. The van der Waals surface area contributed by atoms with Gasteiger partial charge in [0.2, 0.25) is 0 Å². The van der Waals surface area contributed by atoms with Crippen LogP contribution in [-0.4, -0.2) is 22.8 Å². The molecule has 0 aliphatic rings. The molecule has 0 radical (unpaired) electrons. The molecular formula is C25H22BrNO3. The highest BCUT2D eigenvalue weighted by Crippen LogP contribution is 2.32. The average molecular weight is 464 g/mol. The number of rotatable bonds is 6. The molecule has 0 fully saturated rings. The molecule has 5 heteroatoms. The molecule has 1 N–H and O–H groups in total. The Labute approximate surface area is 183 Å². The third-order valence-electron chi connectivity index (χ3n) is 5.53. The first-order chi connectivity index (χ1) is 14.5. The Bertz CT molecular complexity index is 1230. The van der Waals surface area contributed by atoms with Crippen molar-refractivity contribution in [2.45, 2.75) is 19.9 Å². The first-order valence-corrected chi connectivity index (χ1v) is 10.5. The quantitative estimate of drug-likeness (QED) is 0.378. The van der Waals surface area contributed by atoms with E-state index in [0.717, 1.165) is 44.5 Å². The van der Waals surface area contributed by atoms with Gasteiger partial charge in [-0.3, -0.25) is 0 Å². The van der Waals surface area contributed by atoms with E-state index in [-0.39, 0.29) is 0 Å². The molecule has 0 saturated carbocycles. The highest BCUT2D eigenvalue weighted by Gasteiger charge is 2.18. The number of aromatic nitrogens is 1. The average Bonchev–Trinajstić information content (AvgIpc) is 3.00. The number of benzene rings is 3. The van der Waals surface area contributed by atoms with Crippen LogP contribution in [0.2, 0.25) is 0 Å². The number of aromatic carboxylic acids is 1. The van der Waals surface area contributed by atoms with E-state index >= 15 is 0 Å². The van der Waals surface area contributed by atoms with E-state index in [1.54, 1.807) is 19.2 Å². The molecule has 1 heterocycles. The molecule has 152 valence electrons. The minimum Gasteiger partial charge on any atom is -0.497 e. The second kappa shape index (κ2) is 8.36. The maximum absolute atomic E-state index is 11.7. The summed E-state index contributed by atoms with van der Waals surface area (Å²) in [7, 11) is 1.66. The zero-order valence-corrected chi connectivity index (χ0v) is 18.4. The normalized spacial score (nSPS) is 11.0. The lowest BCUT2D eigenvalue weighted by Gasteiger charge is -2.10. The van der Waals surface area contributed by atoms with Crippen LogP contribution in [0.4, 0.5) is 0 Å². The van der Waals surface area contributed by atoms with Crippen LogP contribution >= 0.6 is 15.9 Å². The molecule has 0 amide bonds. The number of nitrogens with zero attached hydrogens (tertiary/aromatic N) is 1. The number of methoxy groups -OCH3 is 1. The summed E-state index contributed by atoms with van der Waals surface area (Å²) in [5, 5.41) is 10.7. The molecule has 4 aromatic rings. The van der Waals surface area contributed by atoms with Crippen LogP contribution < -0.4 is 4.74 Å². The van der Waals surface area contributed by atoms with Crippen molar-refractivity contribution in [2.75, 3.05) is 7.11 Å². The second-order valence-electron chi connectivity index (χ2n) is 7.30. The van der Waals surface area contributed by atoms with E-state index in [4.69, 9.17) is 4.74 Å². The Kier molecular flexibility index (Phi) is 5.64. The van der Waals surface area contributed by atoms with E-state index in [2.05, 4.69) is 45.6 Å². The summed E-state index contributed by atoms with van der Waals surface area (Å²) in [6, 6.07) is 21.6. The van der Waals surface area contributed by atoms with Crippen molar-refractivity contribution in [3.8, 4) is 5.75 Å². The second-order valence-corrected chi connectivity index (χ2v) is 8.21. The highest BCUT2D eigenvalue weighted by atomic mass is 79.9. The molecule has 0 spiro atoms. The van der Waals surface area contributed by atoms with E-state index in [1.165, 1.54) is 5.56 Å². The Morgan fingerprint density at radius 2 is 1.80 bits per heavy atom. The number of fused-ring (bicyclic) bond motifs is 1. The van der Waals surface area contributed by atoms with Crippen molar-refractivity contribution in [3.05, 3.63) is 99.2 Å². The smallest absolute Gasteiger partial charge is 0.335 e. The van der Waals surface area contributed by atoms with Crippen LogP contribution in [0.15, 0.2) is 71.2 Å². The zero-order chi connectivity index (χ0) is 21.3. The monoisotopic (exact) mass is 463 g/mol. The van der Waals surface area contributed by atoms with Crippen molar-refractivity contribution in [3.63, 3.8) is 0 Å². The van der Waals surface area contributed by atoms with Crippen LogP contribution in [0.5, 0.6) is 5.75 Å². The summed E-state index contributed by atoms with van der Waals surface area (Å²) in [5.41, 5.74) is 5.70. The highest BCUT2D eigenvalue weighted by molar-refractivity contribution is 9.10. The zero-order valence-electron chi connectivity index (χ0n) is 16.9. The maximum atomic E-state index is 11.7. The molecule has 0 bridgehead atoms. The van der Waals surface area contributed by atoms with Gasteiger partial charge < -0.3 is 14.4 Å². The van der Waals surface area contributed by atoms with Crippen LogP contribution in [0.3, 0.4) is 0 Å². The van der Waals surface area contributed by atoms with E-state index in [9.17, 15) is 9.90 Å². The standard InChI is InChI=1S/C25H22BrNO3/c1-16-22(13-18-5-3-4-6-21(18)25(28)29)23-14-20(30-2)11-12-24(23)27(16)15-17-7-9-19(26)10-8-17/h3-12,14H,13,15H2,1-2H3,(H,28,29). The summed E-state index contributed by atoms with van der Waals surface area (Å²) in [4.78, 5) is 11.7. The van der Waals surface area contributed by atoms with Crippen LogP contribution in [0.1, 0.15) is 32.7 Å². The van der Waals surface area contributed by atoms with Gasteiger partial charge >= 0.3 is 5.97 Å². The third kappa shape index (κ3) is 3.85. The molecule has 4 rings (SSSR count). The Morgan fingerprint density at radius 3 is 2.50 bits per heavy atom. The molecule has 30 heavy (non-hydrogen) atoms. The largest absolute Gasteiger partial charge is 0.497 e. The molecule has 1 aromatic heterocycles. The minimum atomic E-state index is -0.903. The van der Waals surface area contributed by atoms with Gasteiger partial charge in [-0.25, -0.2) is 4.79 Å². The number of carboxylic acid groups (broad SMARTS) is 1. The van der Waals surface area contributed by atoms with Crippen molar-refractivity contribution in [1.82, 2.24) is 4.57 Å². The van der Waals surface area contributed by atoms with Crippen LogP contribution in [-0.2, 0) is 13.0 Å². The fourth-order valence-electron chi connectivity index (χ4n) is 3.93. The molecule has 0 aliphatic carbocycles. The van der Waals surface area contributed by atoms with Crippen molar-refractivity contribution in [1.29, 1.82) is 0 Å². The predicted molar refractivity (Wildman–Crippen MR) is 123 cm³/mol. The Balaban J connectivity index is 1.85. The fraction of sp³-hybridized carbons (Fsp3) is 0.160. The fourth-order valence-corrected chi connectivity index (χ4v) is 4.19. The van der Waals surface area contributed by atoms with Gasteiger partial charge in [0.1, 0.15) is 5.75 Å². The van der Waals surface area contributed by atoms with Crippen LogP contribution in [0, 0.1) is 6.92 Å². The number of hydrogen-bond acceptors (Lipinski definition) is 2. The summed E-state index contributed by atoms with van der Waals surface area (Å²) >= 11 is 3.49. The van der Waals surface area contributed by atoms with Gasteiger partial charge in [-0.15, -0.1) is 0 Å². The lowest BCUT2D eigenvalue weighted by molar-refractivity contribution is 0.0696. The Hall–Kier alpha value is -3.05. The van der Waals surface area contributed by atoms with Gasteiger partial charge in [-0.05, 0) is 60.0 Å². The van der Waals surface area contributed by atoms with Crippen LogP contribution in [0.25, 0.3) is 10.9 Å². The van der Waals surface area contributed by atoms with E-state index in [0.29, 0.717) is 12.0 Å². The lowest BCUT2D eigenvalue weighted by Crippen LogP contribution is -2.05. The lowest BCUT2D eigenvalue weighted by atomic mass is 9.98. The van der Waals surface area contributed by atoms with Gasteiger partial charge in [0.15, 0.2) is 0 Å². The summed E-state index contributed by atoms with van der Waals surface area (Å²) in [6.45, 7) is 2.84. The third-order valence-corrected chi connectivity index (χ3v) is 6.06. The maximum Gasteiger partial charge on any atom is 0.335 e. The number of carbonyl (C=O) groups is 1. The molecular weight excluding hydrogens is 442 g/mol. The number of hydrogen-bond donors (Lipinski definition) is 1. The van der Waals surface area contributed by atoms with Gasteiger partial charge in [-0.2, -0.15) is 0 Å². The van der Waals surface area contributed by atoms with Crippen molar-refractivity contribution in [2.24, 2.45) is 0 Å². The first-order valence-electron chi connectivity index (χ1n) is 9.69. The Morgan fingerprint density at radius 1 is 1.07 bits per heavy atom. The van der Waals surface area contributed by atoms with Gasteiger partial charge in [-0.1, -0.05) is 46.3 Å². The van der Waals surface area contributed by atoms with E-state index < -0.39 is 5.97 Å². The molecule has 4 nitrogen and oxygen atoms in total. The SMILES string of the molecule is COc1ccc2c(c1)c(Cc1ccccc1C(=O)O)c(C)n2Cc1ccc(Br)cc1.